The van der Waals surface area contributed by atoms with Gasteiger partial charge in [-0.15, -0.1) is 0 Å². The van der Waals surface area contributed by atoms with Gasteiger partial charge in [-0.3, -0.25) is 4.98 Å². The normalized spacial score (nSPS) is 10.4. The molecule has 5 nitrogen and oxygen atoms in total. The highest BCUT2D eigenvalue weighted by Crippen LogP contribution is 2.22. The number of nitrogen functional groups attached to an aromatic ring is 1. The SMILES string of the molecule is Nc1cc(-c2cccnc2)nc(-c2ccco2)n1. The molecule has 88 valence electrons. The number of rotatable bonds is 2. The molecule has 18 heavy (non-hydrogen) atoms. The van der Waals surface area contributed by atoms with Gasteiger partial charge < -0.3 is 10.2 Å². The maximum atomic E-state index is 5.79. The second-order valence-electron chi connectivity index (χ2n) is 3.72. The van der Waals surface area contributed by atoms with E-state index in [4.69, 9.17) is 10.2 Å². The summed E-state index contributed by atoms with van der Waals surface area (Å²) in [7, 11) is 0. The van der Waals surface area contributed by atoms with Gasteiger partial charge >= 0.3 is 0 Å². The molecule has 0 bridgehead atoms. The van der Waals surface area contributed by atoms with Gasteiger partial charge in [-0.2, -0.15) is 0 Å². The van der Waals surface area contributed by atoms with Gasteiger partial charge in [0.2, 0.25) is 0 Å². The molecule has 0 fully saturated rings. The molecule has 3 rings (SSSR count). The van der Waals surface area contributed by atoms with Crippen molar-refractivity contribution in [2.75, 3.05) is 5.73 Å². The summed E-state index contributed by atoms with van der Waals surface area (Å²) < 4.78 is 5.27. The van der Waals surface area contributed by atoms with Gasteiger partial charge in [-0.25, -0.2) is 9.97 Å². The third kappa shape index (κ3) is 1.93. The van der Waals surface area contributed by atoms with E-state index in [-0.39, 0.29) is 0 Å². The third-order valence-corrected chi connectivity index (χ3v) is 2.44. The summed E-state index contributed by atoms with van der Waals surface area (Å²) >= 11 is 0. The van der Waals surface area contributed by atoms with Crippen molar-refractivity contribution in [3.8, 4) is 22.8 Å². The first-order chi connectivity index (χ1) is 8.83. The van der Waals surface area contributed by atoms with Crippen molar-refractivity contribution in [1.29, 1.82) is 0 Å². The molecule has 0 aliphatic rings. The lowest BCUT2D eigenvalue weighted by molar-refractivity contribution is 0.577. The monoisotopic (exact) mass is 238 g/mol. The van der Waals surface area contributed by atoms with Gasteiger partial charge in [0, 0.05) is 24.0 Å². The van der Waals surface area contributed by atoms with Crippen molar-refractivity contribution in [3.63, 3.8) is 0 Å². The summed E-state index contributed by atoms with van der Waals surface area (Å²) in [6.07, 6.45) is 5.01. The minimum Gasteiger partial charge on any atom is -0.461 e. The Bertz CT molecular complexity index is 650. The van der Waals surface area contributed by atoms with E-state index >= 15 is 0 Å². The molecule has 2 N–H and O–H groups in total. The summed E-state index contributed by atoms with van der Waals surface area (Å²) in [6.45, 7) is 0. The zero-order valence-corrected chi connectivity index (χ0v) is 9.45. The molecule has 3 heterocycles. The Hall–Kier alpha value is -2.69. The van der Waals surface area contributed by atoms with Gasteiger partial charge in [0.15, 0.2) is 11.6 Å². The van der Waals surface area contributed by atoms with Crippen LogP contribution in [-0.4, -0.2) is 15.0 Å². The van der Waals surface area contributed by atoms with Crippen molar-refractivity contribution in [2.24, 2.45) is 0 Å². The molecular weight excluding hydrogens is 228 g/mol. The molecule has 0 aromatic carbocycles. The van der Waals surface area contributed by atoms with Crippen molar-refractivity contribution in [1.82, 2.24) is 15.0 Å². The van der Waals surface area contributed by atoms with Crippen LogP contribution in [0.15, 0.2) is 53.4 Å². The molecular formula is C13H10N4O. The minimum atomic E-state index is 0.398. The van der Waals surface area contributed by atoms with Gasteiger partial charge in [0.05, 0.1) is 12.0 Å². The van der Waals surface area contributed by atoms with Crippen molar-refractivity contribution < 1.29 is 4.42 Å². The number of aromatic nitrogens is 3. The van der Waals surface area contributed by atoms with Crippen LogP contribution in [0.2, 0.25) is 0 Å². The summed E-state index contributed by atoms with van der Waals surface area (Å²) in [5.41, 5.74) is 7.40. The highest BCUT2D eigenvalue weighted by molar-refractivity contribution is 5.64. The van der Waals surface area contributed by atoms with Gasteiger partial charge in [0.1, 0.15) is 5.82 Å². The molecule has 3 aromatic heterocycles. The topological polar surface area (TPSA) is 77.8 Å². The zero-order chi connectivity index (χ0) is 12.4. The van der Waals surface area contributed by atoms with Crippen LogP contribution >= 0.6 is 0 Å². The lowest BCUT2D eigenvalue weighted by Crippen LogP contribution is -1.97. The average molecular weight is 238 g/mol. The lowest BCUT2D eigenvalue weighted by Gasteiger charge is -2.03. The van der Waals surface area contributed by atoms with E-state index in [0.717, 1.165) is 11.3 Å². The maximum Gasteiger partial charge on any atom is 0.198 e. The molecule has 0 saturated carbocycles. The molecule has 0 unspecified atom stereocenters. The second-order valence-corrected chi connectivity index (χ2v) is 3.72. The Balaban J connectivity index is 2.12. The van der Waals surface area contributed by atoms with E-state index in [1.165, 1.54) is 0 Å². The van der Waals surface area contributed by atoms with Crippen molar-refractivity contribution >= 4 is 5.82 Å². The van der Waals surface area contributed by atoms with Crippen LogP contribution in [-0.2, 0) is 0 Å². The lowest BCUT2D eigenvalue weighted by atomic mass is 10.2. The molecule has 0 amide bonds. The van der Waals surface area contributed by atoms with E-state index in [1.54, 1.807) is 36.9 Å². The fraction of sp³-hybridized carbons (Fsp3) is 0. The quantitative estimate of drug-likeness (QED) is 0.741. The van der Waals surface area contributed by atoms with E-state index in [1.807, 2.05) is 12.1 Å². The summed E-state index contributed by atoms with van der Waals surface area (Å²) in [6, 6.07) is 9.05. The van der Waals surface area contributed by atoms with Crippen LogP contribution in [0.1, 0.15) is 0 Å². The Kier molecular flexibility index (Phi) is 2.49. The van der Waals surface area contributed by atoms with Crippen LogP contribution in [0.25, 0.3) is 22.8 Å². The van der Waals surface area contributed by atoms with E-state index in [2.05, 4.69) is 15.0 Å². The number of nitrogens with zero attached hydrogens (tertiary/aromatic N) is 3. The molecule has 0 saturated heterocycles. The molecule has 5 heteroatoms. The molecule has 0 spiro atoms. The highest BCUT2D eigenvalue weighted by atomic mass is 16.3. The fourth-order valence-corrected chi connectivity index (χ4v) is 1.64. The Labute approximate surface area is 103 Å². The Morgan fingerprint density at radius 2 is 2.06 bits per heavy atom. The number of hydrogen-bond acceptors (Lipinski definition) is 5. The predicted octanol–water partition coefficient (Wildman–Crippen LogP) is 2.38. The Morgan fingerprint density at radius 1 is 1.11 bits per heavy atom. The second kappa shape index (κ2) is 4.29. The van der Waals surface area contributed by atoms with Gasteiger partial charge in [-0.1, -0.05) is 0 Å². The Morgan fingerprint density at radius 3 is 2.78 bits per heavy atom. The number of furan rings is 1. The van der Waals surface area contributed by atoms with Crippen molar-refractivity contribution in [2.45, 2.75) is 0 Å². The summed E-state index contributed by atoms with van der Waals surface area (Å²) in [4.78, 5) is 12.6. The van der Waals surface area contributed by atoms with Crippen LogP contribution in [0.4, 0.5) is 5.82 Å². The van der Waals surface area contributed by atoms with Crippen molar-refractivity contribution in [3.05, 3.63) is 49.0 Å². The number of nitrogens with two attached hydrogens (primary N) is 1. The fourth-order valence-electron chi connectivity index (χ4n) is 1.64. The van der Waals surface area contributed by atoms with Crippen LogP contribution in [0.3, 0.4) is 0 Å². The van der Waals surface area contributed by atoms with E-state index in [9.17, 15) is 0 Å². The van der Waals surface area contributed by atoms with Gasteiger partial charge in [0.25, 0.3) is 0 Å². The first-order valence-electron chi connectivity index (χ1n) is 5.42. The number of anilines is 1. The molecule has 0 aliphatic heterocycles. The maximum absolute atomic E-state index is 5.79. The molecule has 0 radical (unpaired) electrons. The predicted molar refractivity (Wildman–Crippen MR) is 67.4 cm³/mol. The molecule has 0 atom stereocenters. The highest BCUT2D eigenvalue weighted by Gasteiger charge is 2.09. The first kappa shape index (κ1) is 10.5. The van der Waals surface area contributed by atoms with Gasteiger partial charge in [-0.05, 0) is 24.3 Å². The van der Waals surface area contributed by atoms with E-state index in [0.29, 0.717) is 17.4 Å². The molecule has 3 aromatic rings. The van der Waals surface area contributed by atoms with Crippen LogP contribution < -0.4 is 5.73 Å². The smallest absolute Gasteiger partial charge is 0.198 e. The molecule has 0 aliphatic carbocycles. The van der Waals surface area contributed by atoms with E-state index < -0.39 is 0 Å². The van der Waals surface area contributed by atoms with Crippen LogP contribution in [0, 0.1) is 0 Å². The minimum absolute atomic E-state index is 0.398. The third-order valence-electron chi connectivity index (χ3n) is 2.44. The number of hydrogen-bond donors (Lipinski definition) is 1. The zero-order valence-electron chi connectivity index (χ0n) is 9.45. The largest absolute Gasteiger partial charge is 0.461 e. The number of pyridine rings is 1. The average Bonchev–Trinajstić information content (AvgIpc) is 2.93. The summed E-state index contributed by atoms with van der Waals surface area (Å²) in [5, 5.41) is 0. The van der Waals surface area contributed by atoms with Crippen LogP contribution in [0.5, 0.6) is 0 Å². The standard InChI is InChI=1S/C13H10N4O/c14-12-7-10(9-3-1-5-15-8-9)16-13(17-12)11-4-2-6-18-11/h1-8H,(H2,14,16,17). The summed E-state index contributed by atoms with van der Waals surface area (Å²) in [5.74, 6) is 1.46. The first-order valence-corrected chi connectivity index (χ1v) is 5.42.